The van der Waals surface area contributed by atoms with Crippen LogP contribution in [0.25, 0.3) is 33.9 Å². The van der Waals surface area contributed by atoms with Gasteiger partial charge in [-0.15, -0.1) is 0 Å². The van der Waals surface area contributed by atoms with E-state index >= 15 is 0 Å². The second kappa shape index (κ2) is 21.6. The van der Waals surface area contributed by atoms with Gasteiger partial charge in [-0.2, -0.15) is 0 Å². The van der Waals surface area contributed by atoms with Gasteiger partial charge in [-0.25, -0.2) is 15.0 Å². The summed E-state index contributed by atoms with van der Waals surface area (Å²) in [4.78, 5) is 66.3. The molecule has 288 valence electrons. The third-order valence-corrected chi connectivity index (χ3v) is 8.22. The Morgan fingerprint density at radius 1 is 0.582 bits per heavy atom. The van der Waals surface area contributed by atoms with Crippen LogP contribution in [0.4, 0.5) is 0 Å². The van der Waals surface area contributed by atoms with Crippen LogP contribution >= 0.6 is 0 Å². The van der Waals surface area contributed by atoms with Gasteiger partial charge in [0.2, 0.25) is 0 Å². The van der Waals surface area contributed by atoms with Crippen molar-refractivity contribution in [1.82, 2.24) is 24.8 Å². The van der Waals surface area contributed by atoms with Crippen LogP contribution in [0.1, 0.15) is 36.2 Å². The second-order valence-electron chi connectivity index (χ2n) is 12.3. The summed E-state index contributed by atoms with van der Waals surface area (Å²) in [5.41, 5.74) is 5.92. The zero-order chi connectivity index (χ0) is 39.6. The molecule has 0 bridgehead atoms. The summed E-state index contributed by atoms with van der Waals surface area (Å²) < 4.78 is 19.3. The molecule has 55 heavy (non-hydrogen) atoms. The van der Waals surface area contributed by atoms with E-state index < -0.39 is 23.9 Å². The van der Waals surface area contributed by atoms with Crippen LogP contribution in [0.3, 0.4) is 0 Å². The van der Waals surface area contributed by atoms with Gasteiger partial charge in [0, 0.05) is 31.7 Å². The number of esters is 4. The lowest BCUT2D eigenvalue weighted by Gasteiger charge is -2.20. The summed E-state index contributed by atoms with van der Waals surface area (Å²) in [5, 5.41) is 9.02. The van der Waals surface area contributed by atoms with Gasteiger partial charge < -0.3 is 24.1 Å². The molecule has 0 saturated heterocycles. The van der Waals surface area contributed by atoms with Crippen LogP contribution in [0.5, 0.6) is 0 Å². The fourth-order valence-corrected chi connectivity index (χ4v) is 5.40. The highest BCUT2D eigenvalue weighted by molar-refractivity contribution is 5.77. The van der Waals surface area contributed by atoms with E-state index in [9.17, 15) is 19.2 Å². The first-order valence-corrected chi connectivity index (χ1v) is 17.5. The zero-order valence-electron chi connectivity index (χ0n) is 31.4. The van der Waals surface area contributed by atoms with Gasteiger partial charge in [-0.3, -0.25) is 29.0 Å². The van der Waals surface area contributed by atoms with Gasteiger partial charge >= 0.3 is 23.9 Å². The molecule has 0 atom stereocenters. The number of unbranched alkanes of at least 4 members (excludes halogenated alkanes) is 2. The number of pyridine rings is 3. The number of carbonyl (C=O) groups is 4. The number of aromatic nitrogens is 3. The topological polar surface area (TPSA) is 171 Å². The Labute approximate surface area is 320 Å². The minimum absolute atomic E-state index is 0.142. The maximum Gasteiger partial charge on any atom is 0.319 e. The molecule has 0 aliphatic heterocycles. The fraction of sp³-hybridized carbons (Fsp3) is 0.341. The van der Waals surface area contributed by atoms with Crippen LogP contribution in [0, 0.1) is 11.8 Å². The standard InChI is InChI=1S/C41H45N5O9/c1-52-38(48)25-45(26-39(49)53-2)23-32-12-9-14-34(42-32)36-21-31(30-18-16-29(17-19-30)11-7-5-6-8-20-47)22-37(44-36)35-15-10-13-33(43-35)24-46(27-40(50)54-3)28-41(51)55-4/h9-10,12-19,21-22,47H,5-6,8,20,23-28H2,1-4H3. The van der Waals surface area contributed by atoms with Crippen molar-refractivity contribution < 1.29 is 43.2 Å². The molecule has 4 rings (SSSR count). The highest BCUT2D eigenvalue weighted by Crippen LogP contribution is 2.30. The molecule has 14 heteroatoms. The molecule has 0 saturated carbocycles. The Balaban J connectivity index is 1.74. The molecule has 0 unspecified atom stereocenters. The monoisotopic (exact) mass is 751 g/mol. The van der Waals surface area contributed by atoms with Crippen molar-refractivity contribution in [2.75, 3.05) is 61.2 Å². The number of carbonyl (C=O) groups excluding carboxylic acids is 4. The van der Waals surface area contributed by atoms with Gasteiger partial charge in [-0.05, 0) is 72.5 Å². The van der Waals surface area contributed by atoms with Crippen molar-refractivity contribution in [1.29, 1.82) is 0 Å². The number of rotatable bonds is 18. The van der Waals surface area contributed by atoms with Crippen LogP contribution in [0.15, 0.2) is 72.8 Å². The first-order chi connectivity index (χ1) is 26.6. The van der Waals surface area contributed by atoms with Crippen LogP contribution < -0.4 is 0 Å². The van der Waals surface area contributed by atoms with Crippen molar-refractivity contribution in [2.45, 2.75) is 32.4 Å². The Bertz CT molecular complexity index is 1850. The van der Waals surface area contributed by atoms with E-state index in [1.165, 1.54) is 28.4 Å². The number of aliphatic hydroxyl groups excluding tert-OH is 1. The average molecular weight is 752 g/mol. The smallest absolute Gasteiger partial charge is 0.319 e. The predicted molar refractivity (Wildman–Crippen MR) is 203 cm³/mol. The summed E-state index contributed by atoms with van der Waals surface area (Å²) >= 11 is 0. The van der Waals surface area contributed by atoms with Gasteiger partial charge in [-0.1, -0.05) is 36.1 Å². The maximum absolute atomic E-state index is 12.1. The van der Waals surface area contributed by atoms with Crippen LogP contribution in [-0.4, -0.2) is 115 Å². The van der Waals surface area contributed by atoms with E-state index in [0.29, 0.717) is 47.0 Å². The molecule has 3 aromatic heterocycles. The van der Waals surface area contributed by atoms with Crippen molar-refractivity contribution in [3.8, 4) is 45.7 Å². The maximum atomic E-state index is 12.1. The van der Waals surface area contributed by atoms with E-state index in [-0.39, 0.29) is 45.9 Å². The number of benzene rings is 1. The highest BCUT2D eigenvalue weighted by atomic mass is 16.5. The van der Waals surface area contributed by atoms with Crippen molar-refractivity contribution >= 4 is 23.9 Å². The largest absolute Gasteiger partial charge is 0.468 e. The zero-order valence-corrected chi connectivity index (χ0v) is 31.4. The predicted octanol–water partition coefficient (Wildman–Crippen LogP) is 3.68. The molecule has 0 aliphatic carbocycles. The molecular formula is C41H45N5O9. The molecular weight excluding hydrogens is 706 g/mol. The Hall–Kier alpha value is -6.01. The molecule has 0 aliphatic rings. The average Bonchev–Trinajstić information content (AvgIpc) is 3.20. The van der Waals surface area contributed by atoms with E-state index in [1.54, 1.807) is 21.9 Å². The van der Waals surface area contributed by atoms with E-state index in [2.05, 4.69) is 11.8 Å². The highest BCUT2D eigenvalue weighted by Gasteiger charge is 2.19. The third-order valence-electron chi connectivity index (χ3n) is 8.22. The summed E-state index contributed by atoms with van der Waals surface area (Å²) in [6.45, 7) is -0.102. The van der Waals surface area contributed by atoms with Gasteiger partial charge in [0.05, 0.1) is 88.8 Å². The lowest BCUT2D eigenvalue weighted by Crippen LogP contribution is -2.35. The number of hydrogen-bond acceptors (Lipinski definition) is 14. The van der Waals surface area contributed by atoms with Gasteiger partial charge in [0.15, 0.2) is 0 Å². The molecule has 1 aromatic carbocycles. The Morgan fingerprint density at radius 2 is 1.04 bits per heavy atom. The Kier molecular flexibility index (Phi) is 16.4. The van der Waals surface area contributed by atoms with Crippen molar-refractivity contribution in [2.24, 2.45) is 0 Å². The van der Waals surface area contributed by atoms with Crippen LogP contribution in [0.2, 0.25) is 0 Å². The molecule has 4 aromatic rings. The van der Waals surface area contributed by atoms with Crippen molar-refractivity contribution in [3.05, 3.63) is 89.7 Å². The fourth-order valence-electron chi connectivity index (χ4n) is 5.40. The molecule has 0 fully saturated rings. The lowest BCUT2D eigenvalue weighted by atomic mass is 10.0. The number of ether oxygens (including phenoxy) is 4. The molecule has 0 radical (unpaired) electrons. The van der Waals surface area contributed by atoms with Gasteiger partial charge in [0.1, 0.15) is 0 Å². The minimum Gasteiger partial charge on any atom is -0.468 e. The Morgan fingerprint density at radius 3 is 1.45 bits per heavy atom. The van der Waals surface area contributed by atoms with E-state index in [1.807, 2.05) is 60.7 Å². The van der Waals surface area contributed by atoms with E-state index in [0.717, 1.165) is 23.1 Å². The molecule has 3 heterocycles. The summed E-state index contributed by atoms with van der Waals surface area (Å²) in [6.07, 6.45) is 2.25. The van der Waals surface area contributed by atoms with Crippen molar-refractivity contribution in [3.63, 3.8) is 0 Å². The normalized spacial score (nSPS) is 10.7. The number of aliphatic hydroxyl groups is 1. The van der Waals surface area contributed by atoms with Gasteiger partial charge in [0.25, 0.3) is 0 Å². The number of methoxy groups -OCH3 is 4. The lowest BCUT2D eigenvalue weighted by molar-refractivity contribution is -0.147. The molecule has 0 spiro atoms. The summed E-state index contributed by atoms with van der Waals surface area (Å²) in [6, 6.07) is 22.6. The number of nitrogens with zero attached hydrogens (tertiary/aromatic N) is 5. The quantitative estimate of drug-likeness (QED) is 0.0676. The molecule has 0 amide bonds. The first kappa shape index (κ1) is 41.7. The number of hydrogen-bond donors (Lipinski definition) is 1. The van der Waals surface area contributed by atoms with Crippen LogP contribution in [-0.2, 0) is 51.2 Å². The molecule has 14 nitrogen and oxygen atoms in total. The third kappa shape index (κ3) is 13.4. The second-order valence-corrected chi connectivity index (χ2v) is 12.3. The van der Waals surface area contributed by atoms with E-state index in [4.69, 9.17) is 39.0 Å². The molecule has 1 N–H and O–H groups in total. The SMILES string of the molecule is COC(=O)CN(CC(=O)OC)Cc1cccc(-c2cc(-c3ccc(C#CCCCCO)cc3)cc(-c3cccc(CN(CC(=O)OC)CC(=O)OC)n3)n2)n1. The summed E-state index contributed by atoms with van der Waals surface area (Å²) in [5.74, 6) is 4.29. The first-order valence-electron chi connectivity index (χ1n) is 17.5. The summed E-state index contributed by atoms with van der Waals surface area (Å²) in [7, 11) is 5.12. The minimum atomic E-state index is -0.508.